The molecule has 2 rings (SSSR count). The summed E-state index contributed by atoms with van der Waals surface area (Å²) in [5, 5.41) is 10.6. The van der Waals surface area contributed by atoms with Crippen LogP contribution in [0, 0.1) is 0 Å². The van der Waals surface area contributed by atoms with Crippen molar-refractivity contribution in [3.63, 3.8) is 0 Å². The average molecular weight is 276 g/mol. The van der Waals surface area contributed by atoms with E-state index in [1.165, 1.54) is 19.5 Å². The lowest BCUT2D eigenvalue weighted by Gasteiger charge is -2.05. The van der Waals surface area contributed by atoms with Gasteiger partial charge in [0.1, 0.15) is 12.2 Å². The van der Waals surface area contributed by atoms with Gasteiger partial charge in [0, 0.05) is 31.9 Å². The smallest absolute Gasteiger partial charge is 0.316 e. The zero-order chi connectivity index (χ0) is 14.4. The van der Waals surface area contributed by atoms with Crippen LogP contribution in [0.5, 0.6) is 6.01 Å². The van der Waals surface area contributed by atoms with Crippen molar-refractivity contribution >= 4 is 5.91 Å². The highest BCUT2D eigenvalue weighted by Gasteiger charge is 2.08. The van der Waals surface area contributed by atoms with Crippen LogP contribution in [0.2, 0.25) is 0 Å². The van der Waals surface area contributed by atoms with E-state index in [1.807, 2.05) is 11.5 Å². The summed E-state index contributed by atoms with van der Waals surface area (Å²) in [6.45, 7) is 3.30. The van der Waals surface area contributed by atoms with Gasteiger partial charge in [-0.3, -0.25) is 4.79 Å². The molecule has 0 aliphatic carbocycles. The molecule has 0 saturated carbocycles. The third-order valence-electron chi connectivity index (χ3n) is 2.74. The molecule has 0 spiro atoms. The molecule has 0 aliphatic rings. The monoisotopic (exact) mass is 276 g/mol. The van der Waals surface area contributed by atoms with Crippen molar-refractivity contribution in [2.24, 2.45) is 0 Å². The molecule has 2 aromatic rings. The lowest BCUT2D eigenvalue weighted by Crippen LogP contribution is -2.26. The van der Waals surface area contributed by atoms with E-state index in [2.05, 4.69) is 25.5 Å². The molecular weight excluding hydrogens is 260 g/mol. The fraction of sp³-hybridized carbons (Fsp3) is 0.417. The first-order valence-electron chi connectivity index (χ1n) is 6.25. The van der Waals surface area contributed by atoms with Crippen molar-refractivity contribution < 1.29 is 9.53 Å². The summed E-state index contributed by atoms with van der Waals surface area (Å²) in [6.07, 6.45) is 5.15. The number of amides is 1. The third-order valence-corrected chi connectivity index (χ3v) is 2.74. The highest BCUT2D eigenvalue weighted by Crippen LogP contribution is 2.01. The van der Waals surface area contributed by atoms with Crippen molar-refractivity contribution in [3.05, 3.63) is 30.1 Å². The number of hydrogen-bond acceptors (Lipinski definition) is 6. The summed E-state index contributed by atoms with van der Waals surface area (Å²) in [5.74, 6) is 0.619. The molecule has 0 aliphatic heterocycles. The number of carbonyl (C=O) groups is 1. The first-order chi connectivity index (χ1) is 9.74. The summed E-state index contributed by atoms with van der Waals surface area (Å²) in [7, 11) is 1.47. The molecule has 0 atom stereocenters. The fourth-order valence-corrected chi connectivity index (χ4v) is 1.67. The zero-order valence-corrected chi connectivity index (χ0v) is 11.4. The molecule has 8 heteroatoms. The Morgan fingerprint density at radius 2 is 2.15 bits per heavy atom. The van der Waals surface area contributed by atoms with Crippen LogP contribution in [0.4, 0.5) is 0 Å². The Bertz CT molecular complexity index is 566. The number of rotatable bonds is 6. The van der Waals surface area contributed by atoms with E-state index in [0.717, 1.165) is 12.4 Å². The Balaban J connectivity index is 1.85. The van der Waals surface area contributed by atoms with E-state index in [9.17, 15) is 4.79 Å². The number of nitrogens with zero attached hydrogens (tertiary/aromatic N) is 5. The minimum Gasteiger partial charge on any atom is -0.467 e. The highest BCUT2D eigenvalue weighted by molar-refractivity contribution is 5.93. The van der Waals surface area contributed by atoms with E-state index in [1.54, 1.807) is 6.33 Å². The van der Waals surface area contributed by atoms with E-state index >= 15 is 0 Å². The van der Waals surface area contributed by atoms with Gasteiger partial charge in [-0.2, -0.15) is 0 Å². The van der Waals surface area contributed by atoms with Crippen LogP contribution in [-0.2, 0) is 13.0 Å². The Labute approximate surface area is 116 Å². The van der Waals surface area contributed by atoms with Crippen LogP contribution in [-0.4, -0.2) is 44.3 Å². The fourth-order valence-electron chi connectivity index (χ4n) is 1.67. The first-order valence-corrected chi connectivity index (χ1v) is 6.25. The minimum absolute atomic E-state index is 0.227. The van der Waals surface area contributed by atoms with Gasteiger partial charge in [-0.05, 0) is 6.92 Å². The second-order valence-corrected chi connectivity index (χ2v) is 4.00. The summed E-state index contributed by atoms with van der Waals surface area (Å²) >= 11 is 0. The van der Waals surface area contributed by atoms with Crippen LogP contribution in [0.25, 0.3) is 0 Å². The molecule has 0 radical (unpaired) electrons. The quantitative estimate of drug-likeness (QED) is 0.802. The van der Waals surface area contributed by atoms with E-state index in [4.69, 9.17) is 4.74 Å². The summed E-state index contributed by atoms with van der Waals surface area (Å²) in [6, 6.07) is 0.234. The van der Waals surface area contributed by atoms with E-state index in [-0.39, 0.29) is 11.9 Å². The van der Waals surface area contributed by atoms with Gasteiger partial charge in [-0.25, -0.2) is 9.97 Å². The molecule has 8 nitrogen and oxygen atoms in total. The van der Waals surface area contributed by atoms with E-state index in [0.29, 0.717) is 18.5 Å². The average Bonchev–Trinajstić information content (AvgIpc) is 2.94. The molecule has 0 saturated heterocycles. The Morgan fingerprint density at radius 1 is 1.40 bits per heavy atom. The van der Waals surface area contributed by atoms with E-state index < -0.39 is 0 Å². The summed E-state index contributed by atoms with van der Waals surface area (Å²) in [5.41, 5.74) is 0.391. The second kappa shape index (κ2) is 6.60. The summed E-state index contributed by atoms with van der Waals surface area (Å²) < 4.78 is 6.77. The van der Waals surface area contributed by atoms with Crippen LogP contribution in [0.1, 0.15) is 23.1 Å². The molecule has 20 heavy (non-hydrogen) atoms. The predicted octanol–water partition coefficient (Wildman–Crippen LogP) is 0.0691. The van der Waals surface area contributed by atoms with Crippen molar-refractivity contribution in [2.75, 3.05) is 13.7 Å². The van der Waals surface area contributed by atoms with Gasteiger partial charge in [0.05, 0.1) is 12.7 Å². The molecule has 1 N–H and O–H groups in total. The lowest BCUT2D eigenvalue weighted by molar-refractivity contribution is 0.0953. The van der Waals surface area contributed by atoms with Crippen LogP contribution < -0.4 is 10.1 Å². The maximum Gasteiger partial charge on any atom is 0.316 e. The van der Waals surface area contributed by atoms with Gasteiger partial charge in [-0.1, -0.05) is 0 Å². The maximum absolute atomic E-state index is 11.9. The molecule has 0 bridgehead atoms. The Kier molecular flexibility index (Phi) is 4.59. The standard InChI is InChI=1S/C12H16N6O2/c1-3-18-8-16-17-10(18)4-5-13-11(19)9-6-14-12(20-2)15-7-9/h6-8H,3-5H2,1-2H3,(H,13,19). The molecule has 1 amide bonds. The number of methoxy groups -OCH3 is 1. The zero-order valence-electron chi connectivity index (χ0n) is 11.4. The molecule has 0 fully saturated rings. The minimum atomic E-state index is -0.227. The topological polar surface area (TPSA) is 94.8 Å². The maximum atomic E-state index is 11.9. The number of aromatic nitrogens is 5. The molecule has 0 aromatic carbocycles. The van der Waals surface area contributed by atoms with Gasteiger partial charge in [0.15, 0.2) is 0 Å². The second-order valence-electron chi connectivity index (χ2n) is 4.00. The molecule has 2 aromatic heterocycles. The number of hydrogen-bond donors (Lipinski definition) is 1. The number of ether oxygens (including phenoxy) is 1. The third kappa shape index (κ3) is 3.28. The molecule has 0 unspecified atom stereocenters. The van der Waals surface area contributed by atoms with Crippen LogP contribution >= 0.6 is 0 Å². The summed E-state index contributed by atoms with van der Waals surface area (Å²) in [4.78, 5) is 19.6. The van der Waals surface area contributed by atoms with Crippen molar-refractivity contribution in [2.45, 2.75) is 19.9 Å². The SMILES string of the molecule is CCn1cnnc1CCNC(=O)c1cnc(OC)nc1. The van der Waals surface area contributed by atoms with Gasteiger partial charge in [-0.15, -0.1) is 10.2 Å². The number of aryl methyl sites for hydroxylation is 1. The largest absolute Gasteiger partial charge is 0.467 e. The highest BCUT2D eigenvalue weighted by atomic mass is 16.5. The molecule has 106 valence electrons. The Morgan fingerprint density at radius 3 is 2.80 bits per heavy atom. The van der Waals surface area contributed by atoms with Crippen molar-refractivity contribution in [3.8, 4) is 6.01 Å². The van der Waals surface area contributed by atoms with Crippen LogP contribution in [0.15, 0.2) is 18.7 Å². The van der Waals surface area contributed by atoms with Gasteiger partial charge >= 0.3 is 6.01 Å². The van der Waals surface area contributed by atoms with Gasteiger partial charge < -0.3 is 14.6 Å². The Hall–Kier alpha value is -2.51. The van der Waals surface area contributed by atoms with Crippen LogP contribution in [0.3, 0.4) is 0 Å². The predicted molar refractivity (Wildman–Crippen MR) is 70.3 cm³/mol. The van der Waals surface area contributed by atoms with Gasteiger partial charge in [0.25, 0.3) is 5.91 Å². The lowest BCUT2D eigenvalue weighted by atomic mass is 10.3. The normalized spacial score (nSPS) is 10.3. The molecular formula is C12H16N6O2. The van der Waals surface area contributed by atoms with Crippen molar-refractivity contribution in [1.82, 2.24) is 30.0 Å². The van der Waals surface area contributed by atoms with Crippen molar-refractivity contribution in [1.29, 1.82) is 0 Å². The van der Waals surface area contributed by atoms with Gasteiger partial charge in [0.2, 0.25) is 0 Å². The number of nitrogens with one attached hydrogen (secondary N) is 1. The first kappa shape index (κ1) is 13.9. The number of carbonyl (C=O) groups excluding carboxylic acids is 1. The molecule has 2 heterocycles.